The fourth-order valence-corrected chi connectivity index (χ4v) is 2.70. The van der Waals surface area contributed by atoms with Crippen molar-refractivity contribution in [2.75, 3.05) is 6.61 Å². The molecule has 2 aromatic heterocycles. The van der Waals surface area contributed by atoms with Gasteiger partial charge >= 0.3 is 5.97 Å². The van der Waals surface area contributed by atoms with E-state index in [1.165, 1.54) is 19.1 Å². The molecule has 0 atom stereocenters. The molecule has 0 bridgehead atoms. The van der Waals surface area contributed by atoms with Crippen LogP contribution in [0.4, 0.5) is 0 Å². The molecular weight excluding hydrogens is 378 g/mol. The number of aromatic amines is 1. The van der Waals surface area contributed by atoms with Crippen LogP contribution in [0.25, 0.3) is 6.08 Å². The Balaban J connectivity index is 1.98. The average Bonchev–Trinajstić information content (AvgIpc) is 3.05. The molecule has 0 radical (unpaired) electrons. The highest BCUT2D eigenvalue weighted by molar-refractivity contribution is 9.10. The van der Waals surface area contributed by atoms with Gasteiger partial charge in [0, 0.05) is 17.3 Å². The zero-order chi connectivity index (χ0) is 17.9. The van der Waals surface area contributed by atoms with Crippen LogP contribution in [-0.4, -0.2) is 29.1 Å². The third-order valence-corrected chi connectivity index (χ3v) is 3.82. The molecule has 2 aromatic rings. The molecule has 126 valence electrons. The zero-order valence-electron chi connectivity index (χ0n) is 13.4. The van der Waals surface area contributed by atoms with Crippen LogP contribution in [0.2, 0.25) is 0 Å². The summed E-state index contributed by atoms with van der Waals surface area (Å²) in [5, 5.41) is 0. The molecule has 0 fully saturated rings. The van der Waals surface area contributed by atoms with Crippen molar-refractivity contribution < 1.29 is 23.5 Å². The average molecular weight is 394 g/mol. The Morgan fingerprint density at radius 3 is 2.54 bits per heavy atom. The van der Waals surface area contributed by atoms with Crippen molar-refractivity contribution in [3.05, 3.63) is 51.2 Å². The Morgan fingerprint density at radius 1 is 1.29 bits per heavy atom. The number of hydrogen-bond acceptors (Lipinski definition) is 5. The van der Waals surface area contributed by atoms with Crippen LogP contribution in [0.1, 0.15) is 44.8 Å². The monoisotopic (exact) mass is 393 g/mol. The van der Waals surface area contributed by atoms with Gasteiger partial charge in [-0.3, -0.25) is 9.59 Å². The highest BCUT2D eigenvalue weighted by Crippen LogP contribution is 2.19. The van der Waals surface area contributed by atoms with Gasteiger partial charge in [0.05, 0.1) is 5.69 Å². The van der Waals surface area contributed by atoms with E-state index in [2.05, 4.69) is 20.9 Å². The predicted molar refractivity (Wildman–Crippen MR) is 91.0 cm³/mol. The van der Waals surface area contributed by atoms with Crippen molar-refractivity contribution in [1.82, 2.24) is 4.98 Å². The molecule has 0 aliphatic rings. The topological polar surface area (TPSA) is 89.4 Å². The molecule has 0 saturated heterocycles. The van der Waals surface area contributed by atoms with Gasteiger partial charge < -0.3 is 14.1 Å². The van der Waals surface area contributed by atoms with Crippen LogP contribution in [0.15, 0.2) is 27.3 Å². The van der Waals surface area contributed by atoms with Crippen molar-refractivity contribution in [2.24, 2.45) is 0 Å². The molecule has 2 heterocycles. The number of Topliss-reactive ketones (excluding diaryl/α,β-unsaturated/α-hetero) is 2. The highest BCUT2D eigenvalue weighted by Gasteiger charge is 2.20. The summed E-state index contributed by atoms with van der Waals surface area (Å²) in [7, 11) is 0. The first kappa shape index (κ1) is 17.9. The molecule has 0 unspecified atom stereocenters. The molecule has 24 heavy (non-hydrogen) atoms. The van der Waals surface area contributed by atoms with E-state index in [4.69, 9.17) is 9.15 Å². The van der Waals surface area contributed by atoms with Crippen molar-refractivity contribution in [1.29, 1.82) is 0 Å². The lowest BCUT2D eigenvalue weighted by atomic mass is 10.1. The lowest BCUT2D eigenvalue weighted by Gasteiger charge is -2.01. The van der Waals surface area contributed by atoms with E-state index in [0.29, 0.717) is 27.3 Å². The minimum absolute atomic E-state index is 0.121. The van der Waals surface area contributed by atoms with Crippen LogP contribution in [0, 0.1) is 13.8 Å². The number of esters is 1. The van der Waals surface area contributed by atoms with Gasteiger partial charge in [-0.2, -0.15) is 0 Å². The fourth-order valence-electron chi connectivity index (χ4n) is 2.38. The molecule has 0 aromatic carbocycles. The van der Waals surface area contributed by atoms with Gasteiger partial charge in [-0.25, -0.2) is 4.79 Å². The van der Waals surface area contributed by atoms with Gasteiger partial charge in [0.2, 0.25) is 5.78 Å². The van der Waals surface area contributed by atoms with Gasteiger partial charge in [-0.1, -0.05) is 0 Å². The molecular formula is C17H16BrNO5. The maximum Gasteiger partial charge on any atom is 0.331 e. The molecule has 1 N–H and O–H groups in total. The summed E-state index contributed by atoms with van der Waals surface area (Å²) < 4.78 is 10.7. The number of H-pyrrole nitrogens is 1. The molecule has 6 nitrogen and oxygen atoms in total. The van der Waals surface area contributed by atoms with E-state index in [0.717, 1.165) is 0 Å². The maximum atomic E-state index is 12.2. The molecule has 0 saturated carbocycles. The van der Waals surface area contributed by atoms with Gasteiger partial charge in [-0.05, 0) is 60.5 Å². The first-order valence-corrected chi connectivity index (χ1v) is 7.92. The lowest BCUT2D eigenvalue weighted by Crippen LogP contribution is -2.14. The van der Waals surface area contributed by atoms with Crippen LogP contribution in [0.5, 0.6) is 0 Å². The maximum absolute atomic E-state index is 12.2. The van der Waals surface area contributed by atoms with E-state index >= 15 is 0 Å². The first-order chi connectivity index (χ1) is 11.3. The van der Waals surface area contributed by atoms with Crippen molar-refractivity contribution in [3.63, 3.8) is 0 Å². The van der Waals surface area contributed by atoms with E-state index in [-0.39, 0.29) is 11.5 Å². The Morgan fingerprint density at radius 2 is 2.00 bits per heavy atom. The predicted octanol–water partition coefficient (Wildman–Crippen LogP) is 3.63. The number of hydrogen-bond donors (Lipinski definition) is 1. The van der Waals surface area contributed by atoms with Crippen LogP contribution < -0.4 is 0 Å². The van der Waals surface area contributed by atoms with E-state index < -0.39 is 18.4 Å². The number of nitrogens with one attached hydrogen (secondary N) is 1. The highest BCUT2D eigenvalue weighted by atomic mass is 79.9. The SMILES string of the molecule is CC(=O)c1c(C)[nH]c(C(=O)COC(=O)/C=C/c2ccc(Br)o2)c1C. The van der Waals surface area contributed by atoms with Crippen molar-refractivity contribution >= 4 is 39.5 Å². The Hall–Kier alpha value is -2.41. The number of carbonyl (C=O) groups is 3. The minimum atomic E-state index is -0.663. The number of rotatable bonds is 6. The Labute approximate surface area is 147 Å². The second kappa shape index (κ2) is 7.44. The molecule has 0 amide bonds. The summed E-state index contributed by atoms with van der Waals surface area (Å²) in [6, 6.07) is 3.37. The van der Waals surface area contributed by atoms with Crippen molar-refractivity contribution in [3.8, 4) is 0 Å². The standard InChI is InChI=1S/C17H16BrNO5/c1-9-16(11(3)20)10(2)19-17(9)13(21)8-23-15(22)7-5-12-4-6-14(18)24-12/h4-7,19H,8H2,1-3H3/b7-5+. The van der Waals surface area contributed by atoms with Gasteiger partial charge in [0.1, 0.15) is 5.76 Å². The summed E-state index contributed by atoms with van der Waals surface area (Å²) >= 11 is 3.15. The molecule has 7 heteroatoms. The normalized spacial score (nSPS) is 11.0. The van der Waals surface area contributed by atoms with Crippen LogP contribution in [0.3, 0.4) is 0 Å². The molecule has 0 spiro atoms. The Kier molecular flexibility index (Phi) is 5.56. The molecule has 0 aliphatic heterocycles. The molecule has 2 rings (SSSR count). The number of ether oxygens (including phenoxy) is 1. The smallest absolute Gasteiger partial charge is 0.331 e. The van der Waals surface area contributed by atoms with Gasteiger partial charge in [0.25, 0.3) is 0 Å². The quantitative estimate of drug-likeness (QED) is 0.459. The largest absolute Gasteiger partial charge is 0.454 e. The second-order valence-electron chi connectivity index (χ2n) is 5.19. The Bertz CT molecular complexity index is 828. The first-order valence-electron chi connectivity index (χ1n) is 7.13. The van der Waals surface area contributed by atoms with E-state index in [1.807, 2.05) is 0 Å². The van der Waals surface area contributed by atoms with Crippen LogP contribution in [-0.2, 0) is 9.53 Å². The second-order valence-corrected chi connectivity index (χ2v) is 5.97. The lowest BCUT2D eigenvalue weighted by molar-refractivity contribution is -0.136. The number of ketones is 2. The van der Waals surface area contributed by atoms with E-state index in [9.17, 15) is 14.4 Å². The molecule has 0 aliphatic carbocycles. The summed E-state index contributed by atoms with van der Waals surface area (Å²) in [5.41, 5.74) is 1.97. The van der Waals surface area contributed by atoms with Gasteiger partial charge in [-0.15, -0.1) is 0 Å². The minimum Gasteiger partial charge on any atom is -0.454 e. The number of halogens is 1. The fraction of sp³-hybridized carbons (Fsp3) is 0.235. The summed E-state index contributed by atoms with van der Waals surface area (Å²) in [4.78, 5) is 38.3. The summed E-state index contributed by atoms with van der Waals surface area (Å²) in [6.45, 7) is 4.43. The third-order valence-electron chi connectivity index (χ3n) is 3.39. The summed E-state index contributed by atoms with van der Waals surface area (Å²) in [5.74, 6) is -0.703. The van der Waals surface area contributed by atoms with E-state index in [1.54, 1.807) is 26.0 Å². The number of aryl methyl sites for hydroxylation is 1. The van der Waals surface area contributed by atoms with Gasteiger partial charge in [0.15, 0.2) is 17.1 Å². The summed E-state index contributed by atoms with van der Waals surface area (Å²) in [6.07, 6.45) is 2.61. The van der Waals surface area contributed by atoms with Crippen molar-refractivity contribution in [2.45, 2.75) is 20.8 Å². The third kappa shape index (κ3) is 4.11. The number of aromatic nitrogens is 1. The number of carbonyl (C=O) groups excluding carboxylic acids is 3. The number of furan rings is 1. The van der Waals surface area contributed by atoms with Crippen LogP contribution >= 0.6 is 15.9 Å². The zero-order valence-corrected chi connectivity index (χ0v) is 15.0.